The molecule has 0 radical (unpaired) electrons. The van der Waals surface area contributed by atoms with Gasteiger partial charge in [-0.1, -0.05) is 146 Å². The molecule has 12 rings (SSSR count). The summed E-state index contributed by atoms with van der Waals surface area (Å²) in [5.74, 6) is 0. The van der Waals surface area contributed by atoms with Crippen molar-refractivity contribution in [3.63, 3.8) is 0 Å². The van der Waals surface area contributed by atoms with Crippen LogP contribution in [0.1, 0.15) is 36.1 Å². The number of nitrogens with one attached hydrogen (secondary N) is 1. The van der Waals surface area contributed by atoms with Crippen molar-refractivity contribution in [3.05, 3.63) is 222 Å². The van der Waals surface area contributed by atoms with E-state index in [2.05, 4.69) is 218 Å². The number of anilines is 2. The first-order chi connectivity index (χ1) is 29.1. The monoisotopic (exact) mass is 772 g/mol. The van der Waals surface area contributed by atoms with Gasteiger partial charge in [0.25, 0.3) is 0 Å². The molecule has 0 aliphatic heterocycles. The number of rotatable bonds is 6. The molecule has 0 fully saturated rings. The molecule has 2 aliphatic rings. The van der Waals surface area contributed by atoms with Gasteiger partial charge >= 0.3 is 0 Å². The second kappa shape index (κ2) is 13.0. The second-order valence-corrected chi connectivity index (χ2v) is 17.2. The standard InChI is InChI=1S/C56H40N2S/c1-35(24-30-41-36(2)56(47-20-10-6-16-42(41)47)48-21-11-7-17-43(48)44-18-8-12-22-49(44)56)58(39-27-25-38(26-28-39)37-14-4-3-5-15-37)40-29-32-52-46(34-40)55-53(59-52)33-31-51-54(55)45-19-9-13-23-50(45)57-51/h3-35,57H,1-2H3/b30-24-. The maximum absolute atomic E-state index is 3.69. The molecule has 3 heteroatoms. The van der Waals surface area contributed by atoms with Crippen molar-refractivity contribution in [3.8, 4) is 22.3 Å². The van der Waals surface area contributed by atoms with Crippen molar-refractivity contribution < 1.29 is 0 Å². The molecule has 0 amide bonds. The van der Waals surface area contributed by atoms with Crippen LogP contribution in [0.25, 0.3) is 69.8 Å². The number of allylic oxidation sites excluding steroid dienone is 3. The Kier molecular flexibility index (Phi) is 7.54. The summed E-state index contributed by atoms with van der Waals surface area (Å²) >= 11 is 1.88. The number of aromatic nitrogens is 1. The Morgan fingerprint density at radius 3 is 1.86 bits per heavy atom. The Bertz CT molecular complexity index is 3310. The number of fused-ring (bicyclic) bond motifs is 14. The quantitative estimate of drug-likeness (QED) is 0.178. The first-order valence-electron chi connectivity index (χ1n) is 20.6. The molecule has 280 valence electrons. The van der Waals surface area contributed by atoms with E-state index < -0.39 is 0 Å². The first-order valence-corrected chi connectivity index (χ1v) is 21.4. The van der Waals surface area contributed by atoms with Crippen LogP contribution in [0.4, 0.5) is 11.4 Å². The molecule has 10 aromatic rings. The molecule has 8 aromatic carbocycles. The third kappa shape index (κ3) is 4.92. The number of benzene rings is 8. The minimum atomic E-state index is -0.321. The highest BCUT2D eigenvalue weighted by atomic mass is 32.1. The Morgan fingerprint density at radius 2 is 1.12 bits per heavy atom. The lowest BCUT2D eigenvalue weighted by Gasteiger charge is -2.31. The number of hydrogen-bond acceptors (Lipinski definition) is 2. The van der Waals surface area contributed by atoms with Crippen molar-refractivity contribution in [2.45, 2.75) is 25.3 Å². The molecular weight excluding hydrogens is 733 g/mol. The first kappa shape index (κ1) is 34.1. The molecule has 1 N–H and O–H groups in total. The zero-order valence-corrected chi connectivity index (χ0v) is 33.7. The fraction of sp³-hybridized carbons (Fsp3) is 0.0714. The van der Waals surface area contributed by atoms with Crippen LogP contribution in [0.3, 0.4) is 0 Å². The van der Waals surface area contributed by atoms with Gasteiger partial charge < -0.3 is 9.88 Å². The summed E-state index contributed by atoms with van der Waals surface area (Å²) in [6, 6.07) is 67.2. The SMILES string of the molecule is CC1=C(/C=C\C(C)N(c2ccc(-c3ccccc3)cc2)c2ccc3sc4ccc5[nH]c6ccccc6c5c4c3c2)c2ccccc2C12c1ccccc1-c1ccccc12. The van der Waals surface area contributed by atoms with Crippen molar-refractivity contribution in [2.75, 3.05) is 4.90 Å². The molecule has 2 aromatic heterocycles. The van der Waals surface area contributed by atoms with E-state index in [1.54, 1.807) is 0 Å². The minimum Gasteiger partial charge on any atom is -0.354 e. The third-order valence-electron chi connectivity index (χ3n) is 13.1. The summed E-state index contributed by atoms with van der Waals surface area (Å²) < 4.78 is 2.61. The predicted octanol–water partition coefficient (Wildman–Crippen LogP) is 15.2. The van der Waals surface area contributed by atoms with E-state index in [0.717, 1.165) is 5.69 Å². The highest BCUT2D eigenvalue weighted by Gasteiger charge is 2.50. The topological polar surface area (TPSA) is 19.0 Å². The van der Waals surface area contributed by atoms with Gasteiger partial charge in [-0.2, -0.15) is 0 Å². The highest BCUT2D eigenvalue weighted by molar-refractivity contribution is 7.26. The van der Waals surface area contributed by atoms with Crippen LogP contribution in [0, 0.1) is 0 Å². The number of thiophene rings is 1. The van der Waals surface area contributed by atoms with Crippen LogP contribution in [-0.2, 0) is 5.41 Å². The van der Waals surface area contributed by atoms with Gasteiger partial charge in [0, 0.05) is 59.4 Å². The Labute approximate surface area is 348 Å². The van der Waals surface area contributed by atoms with E-state index in [1.807, 2.05) is 11.3 Å². The fourth-order valence-electron chi connectivity index (χ4n) is 10.5. The zero-order chi connectivity index (χ0) is 39.2. The third-order valence-corrected chi connectivity index (χ3v) is 14.2. The molecule has 1 spiro atoms. The fourth-order valence-corrected chi connectivity index (χ4v) is 11.6. The molecule has 2 aliphatic carbocycles. The molecule has 0 saturated heterocycles. The number of aromatic amines is 1. The summed E-state index contributed by atoms with van der Waals surface area (Å²) in [6.45, 7) is 4.70. The normalized spacial score (nSPS) is 14.5. The van der Waals surface area contributed by atoms with E-state index >= 15 is 0 Å². The highest BCUT2D eigenvalue weighted by Crippen LogP contribution is 2.61. The van der Waals surface area contributed by atoms with Gasteiger partial charge in [-0.05, 0) is 118 Å². The average molecular weight is 773 g/mol. The summed E-state index contributed by atoms with van der Waals surface area (Å²) in [7, 11) is 0. The van der Waals surface area contributed by atoms with Gasteiger partial charge in [-0.3, -0.25) is 0 Å². The molecule has 0 saturated carbocycles. The van der Waals surface area contributed by atoms with E-state index in [0.29, 0.717) is 0 Å². The smallest absolute Gasteiger partial charge is 0.0685 e. The maximum atomic E-state index is 3.69. The average Bonchev–Trinajstić information content (AvgIpc) is 4.01. The Balaban J connectivity index is 1.02. The van der Waals surface area contributed by atoms with Gasteiger partial charge in [-0.15, -0.1) is 11.3 Å². The van der Waals surface area contributed by atoms with Crippen LogP contribution >= 0.6 is 11.3 Å². The zero-order valence-electron chi connectivity index (χ0n) is 32.9. The van der Waals surface area contributed by atoms with E-state index in [-0.39, 0.29) is 11.5 Å². The molecule has 2 heterocycles. The number of hydrogen-bond donors (Lipinski definition) is 1. The summed E-state index contributed by atoms with van der Waals surface area (Å²) in [5.41, 5.74) is 17.6. The Morgan fingerprint density at radius 1 is 0.525 bits per heavy atom. The van der Waals surface area contributed by atoms with Gasteiger partial charge in [0.2, 0.25) is 0 Å². The summed E-state index contributed by atoms with van der Waals surface area (Å²) in [5, 5.41) is 5.20. The molecule has 1 atom stereocenters. The Hall–Kier alpha value is -6.94. The largest absolute Gasteiger partial charge is 0.354 e. The summed E-state index contributed by atoms with van der Waals surface area (Å²) in [6.07, 6.45) is 4.83. The number of nitrogens with zero attached hydrogens (tertiary/aromatic N) is 1. The van der Waals surface area contributed by atoms with Crippen molar-refractivity contribution in [2.24, 2.45) is 0 Å². The predicted molar refractivity (Wildman–Crippen MR) is 252 cm³/mol. The molecule has 59 heavy (non-hydrogen) atoms. The van der Waals surface area contributed by atoms with Crippen molar-refractivity contribution in [1.82, 2.24) is 4.98 Å². The van der Waals surface area contributed by atoms with Crippen LogP contribution in [0.5, 0.6) is 0 Å². The van der Waals surface area contributed by atoms with E-state index in [1.165, 1.54) is 103 Å². The van der Waals surface area contributed by atoms with Crippen molar-refractivity contribution >= 4 is 70.3 Å². The lowest BCUT2D eigenvalue weighted by atomic mass is 9.70. The molecule has 1 unspecified atom stereocenters. The van der Waals surface area contributed by atoms with E-state index in [4.69, 9.17) is 0 Å². The van der Waals surface area contributed by atoms with Gasteiger partial charge in [-0.25, -0.2) is 0 Å². The summed E-state index contributed by atoms with van der Waals surface area (Å²) in [4.78, 5) is 6.20. The second-order valence-electron chi connectivity index (χ2n) is 16.1. The van der Waals surface area contributed by atoms with Gasteiger partial charge in [0.15, 0.2) is 0 Å². The van der Waals surface area contributed by atoms with Gasteiger partial charge in [0.1, 0.15) is 0 Å². The van der Waals surface area contributed by atoms with Crippen molar-refractivity contribution in [1.29, 1.82) is 0 Å². The van der Waals surface area contributed by atoms with Crippen LogP contribution in [0.15, 0.2) is 200 Å². The minimum absolute atomic E-state index is 0.0280. The van der Waals surface area contributed by atoms with Crippen LogP contribution in [-0.4, -0.2) is 11.0 Å². The van der Waals surface area contributed by atoms with E-state index in [9.17, 15) is 0 Å². The lowest BCUT2D eigenvalue weighted by molar-refractivity contribution is 0.766. The lowest BCUT2D eigenvalue weighted by Crippen LogP contribution is -2.26. The maximum Gasteiger partial charge on any atom is 0.0685 e. The molecule has 2 nitrogen and oxygen atoms in total. The number of para-hydroxylation sites is 1. The van der Waals surface area contributed by atoms with Gasteiger partial charge in [0.05, 0.1) is 5.41 Å². The molecular formula is C56H40N2S. The number of H-pyrrole nitrogens is 1. The van der Waals surface area contributed by atoms with Crippen LogP contribution in [0.2, 0.25) is 0 Å². The van der Waals surface area contributed by atoms with Crippen LogP contribution < -0.4 is 4.90 Å². The molecule has 0 bridgehead atoms.